The first kappa shape index (κ1) is 13.5. The molecule has 0 bridgehead atoms. The molecule has 1 amide bonds. The van der Waals surface area contributed by atoms with Gasteiger partial charge >= 0.3 is 6.09 Å². The van der Waals surface area contributed by atoms with Crippen molar-refractivity contribution in [3.63, 3.8) is 0 Å². The SMILES string of the molecule is CCOC(=O)NC(C)C(=O)c1ccc(Cl)cc1. The number of carbonyl (C=O) groups excluding carboxylic acids is 2. The molecule has 0 aliphatic carbocycles. The predicted octanol–water partition coefficient (Wildman–Crippen LogP) is 2.66. The minimum atomic E-state index is -0.629. The van der Waals surface area contributed by atoms with E-state index in [0.717, 1.165) is 0 Å². The van der Waals surface area contributed by atoms with Crippen molar-refractivity contribution in [1.29, 1.82) is 0 Å². The third kappa shape index (κ3) is 4.07. The smallest absolute Gasteiger partial charge is 0.407 e. The van der Waals surface area contributed by atoms with Gasteiger partial charge in [0.05, 0.1) is 12.6 Å². The number of benzene rings is 1. The number of hydrogen-bond donors (Lipinski definition) is 1. The zero-order valence-electron chi connectivity index (χ0n) is 9.70. The zero-order valence-corrected chi connectivity index (χ0v) is 10.5. The van der Waals surface area contributed by atoms with Crippen molar-refractivity contribution in [3.8, 4) is 0 Å². The van der Waals surface area contributed by atoms with Gasteiger partial charge < -0.3 is 10.1 Å². The van der Waals surface area contributed by atoms with Gasteiger partial charge in [-0.1, -0.05) is 11.6 Å². The highest BCUT2D eigenvalue weighted by atomic mass is 35.5. The van der Waals surface area contributed by atoms with Crippen LogP contribution < -0.4 is 5.32 Å². The number of rotatable bonds is 4. The highest BCUT2D eigenvalue weighted by Crippen LogP contribution is 2.11. The molecule has 0 aromatic heterocycles. The number of nitrogens with one attached hydrogen (secondary N) is 1. The molecule has 0 spiro atoms. The van der Waals surface area contributed by atoms with E-state index in [4.69, 9.17) is 16.3 Å². The molecule has 1 atom stereocenters. The first-order valence-corrected chi connectivity index (χ1v) is 5.65. The average Bonchev–Trinajstić information content (AvgIpc) is 2.29. The largest absolute Gasteiger partial charge is 0.450 e. The van der Waals surface area contributed by atoms with Crippen LogP contribution in [0.4, 0.5) is 4.79 Å². The Bertz CT molecular complexity index is 403. The summed E-state index contributed by atoms with van der Waals surface area (Å²) < 4.78 is 4.69. The van der Waals surface area contributed by atoms with E-state index in [1.54, 1.807) is 38.1 Å². The topological polar surface area (TPSA) is 55.4 Å². The maximum Gasteiger partial charge on any atom is 0.407 e. The van der Waals surface area contributed by atoms with Crippen LogP contribution >= 0.6 is 11.6 Å². The molecule has 1 aromatic rings. The standard InChI is InChI=1S/C12H14ClNO3/c1-3-17-12(16)14-8(2)11(15)9-4-6-10(13)7-5-9/h4-8H,3H2,1-2H3,(H,14,16). The first-order chi connectivity index (χ1) is 8.04. The minimum absolute atomic E-state index is 0.185. The number of amides is 1. The fourth-order valence-electron chi connectivity index (χ4n) is 1.28. The van der Waals surface area contributed by atoms with Crippen molar-refractivity contribution >= 4 is 23.5 Å². The Morgan fingerprint density at radius 2 is 1.94 bits per heavy atom. The lowest BCUT2D eigenvalue weighted by atomic mass is 10.1. The van der Waals surface area contributed by atoms with Gasteiger partial charge in [0, 0.05) is 10.6 Å². The Hall–Kier alpha value is -1.55. The number of alkyl carbamates (subject to hydrolysis) is 1. The van der Waals surface area contributed by atoms with E-state index in [1.165, 1.54) is 0 Å². The molecular weight excluding hydrogens is 242 g/mol. The number of hydrogen-bond acceptors (Lipinski definition) is 3. The van der Waals surface area contributed by atoms with Crippen LogP contribution in [0.2, 0.25) is 5.02 Å². The van der Waals surface area contributed by atoms with Crippen LogP contribution in [-0.4, -0.2) is 24.5 Å². The number of Topliss-reactive ketones (excluding diaryl/α,β-unsaturated/α-hetero) is 1. The highest BCUT2D eigenvalue weighted by Gasteiger charge is 2.17. The number of ketones is 1. The minimum Gasteiger partial charge on any atom is -0.450 e. The number of carbonyl (C=O) groups is 2. The molecule has 1 aromatic carbocycles. The number of halogens is 1. The monoisotopic (exact) mass is 255 g/mol. The summed E-state index contributed by atoms with van der Waals surface area (Å²) in [5, 5.41) is 3.01. The molecule has 5 heteroatoms. The Labute approximate surface area is 105 Å². The third-order valence-electron chi connectivity index (χ3n) is 2.13. The lowest BCUT2D eigenvalue weighted by Crippen LogP contribution is -2.38. The maximum absolute atomic E-state index is 11.9. The molecule has 92 valence electrons. The van der Waals surface area contributed by atoms with Gasteiger partial charge in [-0.3, -0.25) is 4.79 Å². The summed E-state index contributed by atoms with van der Waals surface area (Å²) in [7, 11) is 0. The molecule has 0 radical (unpaired) electrons. The first-order valence-electron chi connectivity index (χ1n) is 5.27. The summed E-state index contributed by atoms with van der Waals surface area (Å²) in [6.45, 7) is 3.58. The van der Waals surface area contributed by atoms with Crippen molar-refractivity contribution in [2.75, 3.05) is 6.61 Å². The molecule has 1 unspecified atom stereocenters. The van der Waals surface area contributed by atoms with Crippen LogP contribution in [-0.2, 0) is 4.74 Å². The molecule has 1 N–H and O–H groups in total. The van der Waals surface area contributed by atoms with E-state index in [1.807, 2.05) is 0 Å². The van der Waals surface area contributed by atoms with E-state index < -0.39 is 12.1 Å². The molecule has 4 nitrogen and oxygen atoms in total. The van der Waals surface area contributed by atoms with Crippen LogP contribution in [0.1, 0.15) is 24.2 Å². The van der Waals surface area contributed by atoms with Crippen LogP contribution in [0.25, 0.3) is 0 Å². The Kier molecular flexibility index (Phi) is 4.97. The summed E-state index contributed by atoms with van der Waals surface area (Å²) in [6, 6.07) is 5.87. The second-order valence-corrected chi connectivity index (χ2v) is 3.89. The average molecular weight is 256 g/mol. The molecule has 0 saturated carbocycles. The van der Waals surface area contributed by atoms with Gasteiger partial charge in [-0.15, -0.1) is 0 Å². The molecule has 1 rings (SSSR count). The predicted molar refractivity (Wildman–Crippen MR) is 65.4 cm³/mol. The van der Waals surface area contributed by atoms with Gasteiger partial charge in [-0.25, -0.2) is 4.79 Å². The summed E-state index contributed by atoms with van der Waals surface area (Å²) in [5.41, 5.74) is 0.499. The Morgan fingerprint density at radius 1 is 1.35 bits per heavy atom. The fourth-order valence-corrected chi connectivity index (χ4v) is 1.41. The van der Waals surface area contributed by atoms with Crippen LogP contribution in [0.3, 0.4) is 0 Å². The van der Waals surface area contributed by atoms with E-state index in [9.17, 15) is 9.59 Å². The summed E-state index contributed by atoms with van der Waals surface area (Å²) >= 11 is 5.72. The molecule has 0 aliphatic heterocycles. The van der Waals surface area contributed by atoms with Gasteiger partial charge in [-0.2, -0.15) is 0 Å². The second-order valence-electron chi connectivity index (χ2n) is 3.46. The lowest BCUT2D eigenvalue weighted by molar-refractivity contribution is 0.0933. The quantitative estimate of drug-likeness (QED) is 0.842. The van der Waals surface area contributed by atoms with Gasteiger partial charge in [0.2, 0.25) is 0 Å². The van der Waals surface area contributed by atoms with Crippen LogP contribution in [0.5, 0.6) is 0 Å². The van der Waals surface area contributed by atoms with E-state index in [0.29, 0.717) is 10.6 Å². The summed E-state index contributed by atoms with van der Waals surface area (Å²) in [5.74, 6) is -0.185. The Balaban J connectivity index is 2.63. The normalized spacial score (nSPS) is 11.7. The van der Waals surface area contributed by atoms with Gasteiger partial charge in [0.25, 0.3) is 0 Å². The fraction of sp³-hybridized carbons (Fsp3) is 0.333. The molecule has 0 saturated heterocycles. The van der Waals surface area contributed by atoms with Crippen molar-refractivity contribution < 1.29 is 14.3 Å². The molecule has 17 heavy (non-hydrogen) atoms. The van der Waals surface area contributed by atoms with Crippen molar-refractivity contribution in [1.82, 2.24) is 5.32 Å². The van der Waals surface area contributed by atoms with Gasteiger partial charge in [-0.05, 0) is 38.1 Å². The lowest BCUT2D eigenvalue weighted by Gasteiger charge is -2.12. The summed E-state index contributed by atoms with van der Waals surface area (Å²) in [4.78, 5) is 23.0. The second kappa shape index (κ2) is 6.25. The molecule has 0 aliphatic rings. The maximum atomic E-state index is 11.9. The van der Waals surface area contributed by atoms with E-state index in [-0.39, 0.29) is 12.4 Å². The molecular formula is C12H14ClNO3. The molecule has 0 fully saturated rings. The van der Waals surface area contributed by atoms with Crippen molar-refractivity contribution in [2.24, 2.45) is 0 Å². The van der Waals surface area contributed by atoms with Gasteiger partial charge in [0.15, 0.2) is 5.78 Å². The van der Waals surface area contributed by atoms with Crippen molar-refractivity contribution in [3.05, 3.63) is 34.9 Å². The van der Waals surface area contributed by atoms with Crippen molar-refractivity contribution in [2.45, 2.75) is 19.9 Å². The van der Waals surface area contributed by atoms with Crippen LogP contribution in [0, 0.1) is 0 Å². The molecule has 0 heterocycles. The summed E-state index contributed by atoms with van der Waals surface area (Å²) in [6.07, 6.45) is -0.595. The van der Waals surface area contributed by atoms with Crippen LogP contribution in [0.15, 0.2) is 24.3 Å². The third-order valence-corrected chi connectivity index (χ3v) is 2.38. The Morgan fingerprint density at radius 3 is 2.47 bits per heavy atom. The number of ether oxygens (including phenoxy) is 1. The van der Waals surface area contributed by atoms with E-state index in [2.05, 4.69) is 5.32 Å². The van der Waals surface area contributed by atoms with E-state index >= 15 is 0 Å². The zero-order chi connectivity index (χ0) is 12.8. The van der Waals surface area contributed by atoms with Gasteiger partial charge in [0.1, 0.15) is 0 Å². The highest BCUT2D eigenvalue weighted by molar-refractivity contribution is 6.30.